The van der Waals surface area contributed by atoms with Crippen LogP contribution in [0.5, 0.6) is 5.75 Å². The predicted molar refractivity (Wildman–Crippen MR) is 108 cm³/mol. The quantitative estimate of drug-likeness (QED) is 0.727. The van der Waals surface area contributed by atoms with Gasteiger partial charge in [0.25, 0.3) is 0 Å². The second-order valence-corrected chi connectivity index (χ2v) is 7.22. The van der Waals surface area contributed by atoms with Crippen LogP contribution >= 0.6 is 0 Å². The van der Waals surface area contributed by atoms with Gasteiger partial charge in [0.15, 0.2) is 0 Å². The van der Waals surface area contributed by atoms with Crippen molar-refractivity contribution in [3.05, 3.63) is 47.5 Å². The Morgan fingerprint density at radius 3 is 2.66 bits per heavy atom. The molecule has 1 aliphatic heterocycles. The van der Waals surface area contributed by atoms with Crippen molar-refractivity contribution in [2.75, 3.05) is 20.8 Å². The summed E-state index contributed by atoms with van der Waals surface area (Å²) >= 11 is 0. The third kappa shape index (κ3) is 4.21. The second-order valence-electron chi connectivity index (χ2n) is 7.22. The van der Waals surface area contributed by atoms with Crippen LogP contribution in [0.25, 0.3) is 0 Å². The van der Waals surface area contributed by atoms with Crippen molar-refractivity contribution in [2.45, 2.75) is 38.8 Å². The van der Waals surface area contributed by atoms with E-state index in [0.717, 1.165) is 29.1 Å². The van der Waals surface area contributed by atoms with E-state index in [1.165, 1.54) is 7.11 Å². The van der Waals surface area contributed by atoms with Crippen LogP contribution in [0.15, 0.2) is 30.6 Å². The zero-order chi connectivity index (χ0) is 21.0. The van der Waals surface area contributed by atoms with Gasteiger partial charge in [-0.05, 0) is 23.6 Å². The van der Waals surface area contributed by atoms with Gasteiger partial charge in [0, 0.05) is 18.7 Å². The topological polar surface area (TPSA) is 96.5 Å². The number of esters is 1. The lowest BCUT2D eigenvalue weighted by molar-refractivity contribution is -0.144. The zero-order valence-electron chi connectivity index (χ0n) is 17.3. The number of ether oxygens (including phenoxy) is 2. The monoisotopic (exact) mass is 400 g/mol. The number of aromatic nitrogens is 2. The highest BCUT2D eigenvalue weighted by Crippen LogP contribution is 2.34. The summed E-state index contributed by atoms with van der Waals surface area (Å²) in [5.41, 5.74) is 2.75. The fourth-order valence-electron chi connectivity index (χ4n) is 3.63. The Kier molecular flexibility index (Phi) is 6.41. The molecule has 3 rings (SSSR count). The number of amides is 2. The average Bonchev–Trinajstić information content (AvgIpc) is 3.24. The molecule has 2 aromatic rings. The van der Waals surface area contributed by atoms with E-state index in [1.54, 1.807) is 18.3 Å². The van der Waals surface area contributed by atoms with E-state index in [0.29, 0.717) is 13.0 Å². The van der Waals surface area contributed by atoms with Gasteiger partial charge < -0.3 is 24.7 Å². The van der Waals surface area contributed by atoms with Gasteiger partial charge in [-0.1, -0.05) is 32.4 Å². The minimum Gasteiger partial charge on any atom is -0.497 e. The smallest absolute Gasteiger partial charge is 0.328 e. The number of carbonyl (C=O) groups excluding carboxylic acids is 2. The second kappa shape index (κ2) is 8.98. The summed E-state index contributed by atoms with van der Waals surface area (Å²) < 4.78 is 10.2. The Morgan fingerprint density at radius 2 is 2.03 bits per heavy atom. The SMILES string of the molecule is CC[C@H](C)[C@H](NC(=O)N1CCc2[nH]cnc2[C@H]1c1ccc(OC)cc1)C(=O)OC. The van der Waals surface area contributed by atoms with E-state index in [4.69, 9.17) is 9.47 Å². The highest BCUT2D eigenvalue weighted by molar-refractivity contribution is 5.84. The number of carbonyl (C=O) groups is 2. The van der Waals surface area contributed by atoms with Crippen LogP contribution in [0.2, 0.25) is 0 Å². The number of benzene rings is 1. The molecule has 8 heteroatoms. The first-order valence-corrected chi connectivity index (χ1v) is 9.81. The van der Waals surface area contributed by atoms with Crippen molar-refractivity contribution in [3.8, 4) is 5.75 Å². The van der Waals surface area contributed by atoms with Crippen LogP contribution in [-0.4, -0.2) is 53.7 Å². The van der Waals surface area contributed by atoms with Gasteiger partial charge in [0.2, 0.25) is 0 Å². The van der Waals surface area contributed by atoms with E-state index >= 15 is 0 Å². The van der Waals surface area contributed by atoms with Crippen LogP contribution in [0.3, 0.4) is 0 Å². The molecule has 0 aliphatic carbocycles. The van der Waals surface area contributed by atoms with Crippen LogP contribution in [-0.2, 0) is 16.0 Å². The molecule has 0 saturated heterocycles. The lowest BCUT2D eigenvalue weighted by Gasteiger charge is -2.36. The molecule has 1 aromatic carbocycles. The van der Waals surface area contributed by atoms with Crippen molar-refractivity contribution in [1.29, 1.82) is 0 Å². The number of nitrogens with one attached hydrogen (secondary N) is 2. The number of urea groups is 1. The number of aromatic amines is 1. The molecule has 156 valence electrons. The van der Waals surface area contributed by atoms with Gasteiger partial charge in [-0.15, -0.1) is 0 Å². The molecule has 8 nitrogen and oxygen atoms in total. The average molecular weight is 400 g/mol. The number of imidazole rings is 1. The Labute approximate surface area is 170 Å². The minimum atomic E-state index is -0.699. The number of hydrogen-bond acceptors (Lipinski definition) is 5. The van der Waals surface area contributed by atoms with Crippen LogP contribution in [0, 0.1) is 5.92 Å². The third-order valence-corrected chi connectivity index (χ3v) is 5.56. The number of rotatable bonds is 6. The molecule has 3 atom stereocenters. The Morgan fingerprint density at radius 1 is 1.31 bits per heavy atom. The molecule has 0 spiro atoms. The Bertz CT molecular complexity index is 849. The molecule has 2 heterocycles. The number of hydrogen-bond donors (Lipinski definition) is 2. The molecular formula is C21H28N4O4. The first kappa shape index (κ1) is 20.7. The fourth-order valence-corrected chi connectivity index (χ4v) is 3.63. The number of methoxy groups -OCH3 is 2. The molecule has 2 N–H and O–H groups in total. The van der Waals surface area contributed by atoms with Gasteiger partial charge in [-0.25, -0.2) is 14.6 Å². The first-order valence-electron chi connectivity index (χ1n) is 9.81. The maximum Gasteiger partial charge on any atom is 0.328 e. The highest BCUT2D eigenvalue weighted by Gasteiger charge is 2.36. The molecular weight excluding hydrogens is 372 g/mol. The third-order valence-electron chi connectivity index (χ3n) is 5.56. The van der Waals surface area contributed by atoms with E-state index in [2.05, 4.69) is 15.3 Å². The summed E-state index contributed by atoms with van der Waals surface area (Å²) in [6.07, 6.45) is 3.06. The van der Waals surface area contributed by atoms with Crippen molar-refractivity contribution in [2.24, 2.45) is 5.92 Å². The van der Waals surface area contributed by atoms with Crippen molar-refractivity contribution in [1.82, 2.24) is 20.2 Å². The summed E-state index contributed by atoms with van der Waals surface area (Å²) in [5.74, 6) is 0.257. The van der Waals surface area contributed by atoms with E-state index < -0.39 is 12.0 Å². The molecule has 1 aliphatic rings. The standard InChI is InChI=1S/C21H28N4O4/c1-5-13(2)17(20(26)29-4)24-21(27)25-11-10-16-18(23-12-22-16)19(25)14-6-8-15(28-3)9-7-14/h6-9,12-13,17,19H,5,10-11H2,1-4H3,(H,22,23)(H,24,27)/t13-,17-,19+/m0/s1. The molecule has 0 bridgehead atoms. The Balaban J connectivity index is 1.91. The summed E-state index contributed by atoms with van der Waals surface area (Å²) in [4.78, 5) is 34.8. The van der Waals surface area contributed by atoms with E-state index in [9.17, 15) is 9.59 Å². The Hall–Kier alpha value is -3.03. The maximum absolute atomic E-state index is 13.2. The van der Waals surface area contributed by atoms with Crippen molar-refractivity contribution >= 4 is 12.0 Å². The minimum absolute atomic E-state index is 0.0448. The van der Waals surface area contributed by atoms with Crippen molar-refractivity contribution < 1.29 is 19.1 Å². The molecule has 29 heavy (non-hydrogen) atoms. The van der Waals surface area contributed by atoms with Gasteiger partial charge in [-0.3, -0.25) is 0 Å². The number of fused-ring (bicyclic) bond motifs is 1. The number of H-pyrrole nitrogens is 1. The van der Waals surface area contributed by atoms with E-state index in [1.807, 2.05) is 38.1 Å². The molecule has 0 fully saturated rings. The largest absolute Gasteiger partial charge is 0.497 e. The zero-order valence-corrected chi connectivity index (χ0v) is 17.3. The van der Waals surface area contributed by atoms with Gasteiger partial charge in [0.1, 0.15) is 17.8 Å². The summed E-state index contributed by atoms with van der Waals surface area (Å²) in [5, 5.41) is 2.88. The fraction of sp³-hybridized carbons (Fsp3) is 0.476. The lowest BCUT2D eigenvalue weighted by atomic mass is 9.95. The summed E-state index contributed by atoms with van der Waals surface area (Å²) in [7, 11) is 2.95. The lowest BCUT2D eigenvalue weighted by Crippen LogP contribution is -2.53. The van der Waals surface area contributed by atoms with Gasteiger partial charge in [0.05, 0.1) is 26.2 Å². The highest BCUT2D eigenvalue weighted by atomic mass is 16.5. The van der Waals surface area contributed by atoms with Crippen LogP contribution < -0.4 is 10.1 Å². The molecule has 1 aromatic heterocycles. The predicted octanol–water partition coefficient (Wildman–Crippen LogP) is 2.66. The summed E-state index contributed by atoms with van der Waals surface area (Å²) in [6.45, 7) is 4.40. The van der Waals surface area contributed by atoms with E-state index in [-0.39, 0.29) is 18.0 Å². The number of nitrogens with zero attached hydrogens (tertiary/aromatic N) is 2. The van der Waals surface area contributed by atoms with Crippen LogP contribution in [0.1, 0.15) is 43.3 Å². The molecule has 2 amide bonds. The first-order chi connectivity index (χ1) is 14.0. The molecule has 0 saturated carbocycles. The normalized spacial score (nSPS) is 17.8. The summed E-state index contributed by atoms with van der Waals surface area (Å²) in [6, 6.07) is 6.22. The van der Waals surface area contributed by atoms with Crippen molar-refractivity contribution in [3.63, 3.8) is 0 Å². The van der Waals surface area contributed by atoms with Gasteiger partial charge in [-0.2, -0.15) is 0 Å². The van der Waals surface area contributed by atoms with Gasteiger partial charge >= 0.3 is 12.0 Å². The maximum atomic E-state index is 13.2. The molecule has 0 radical (unpaired) electrons. The molecule has 0 unspecified atom stereocenters. The van der Waals surface area contributed by atoms with Crippen LogP contribution in [0.4, 0.5) is 4.79 Å².